The first-order valence-corrected chi connectivity index (χ1v) is 19.4. The number of sulfonamides is 1. The average molecular weight is 681 g/mol. The van der Waals surface area contributed by atoms with Crippen molar-refractivity contribution in [3.8, 4) is 11.1 Å². The topological polar surface area (TPSA) is 83.4 Å². The largest absolute Gasteiger partial charge is 0.493 e. The third kappa shape index (κ3) is 8.71. The molecule has 7 nitrogen and oxygen atoms in total. The van der Waals surface area contributed by atoms with E-state index in [1.807, 2.05) is 57.2 Å². The van der Waals surface area contributed by atoms with Crippen molar-refractivity contribution in [1.82, 2.24) is 9.62 Å². The van der Waals surface area contributed by atoms with E-state index in [0.717, 1.165) is 90.5 Å². The molecule has 2 aromatic carbocycles. The van der Waals surface area contributed by atoms with Gasteiger partial charge in [-0.3, -0.25) is 9.62 Å². The van der Waals surface area contributed by atoms with Crippen LogP contribution in [-0.2, 0) is 21.2 Å². The number of unbranched alkanes of at least 4 members (excludes halogenated alkanes) is 1. The van der Waals surface area contributed by atoms with E-state index in [4.69, 9.17) is 21.3 Å². The van der Waals surface area contributed by atoms with E-state index in [1.54, 1.807) is 18.3 Å². The average Bonchev–Trinajstić information content (AvgIpc) is 3.83. The minimum absolute atomic E-state index is 0.234. The zero-order valence-electron chi connectivity index (χ0n) is 29.7. The van der Waals surface area contributed by atoms with Crippen LogP contribution in [0.2, 0.25) is 0 Å². The minimum atomic E-state index is -3.76. The lowest BCUT2D eigenvalue weighted by Gasteiger charge is -2.36. The Hall–Kier alpha value is -4.17. The summed E-state index contributed by atoms with van der Waals surface area (Å²) in [5, 5.41) is 0. The Bertz CT molecular complexity index is 1790. The molecular formula is C41H52N4O3S. The van der Waals surface area contributed by atoms with Crippen LogP contribution in [0.25, 0.3) is 11.1 Å². The van der Waals surface area contributed by atoms with E-state index in [9.17, 15) is 8.42 Å². The van der Waals surface area contributed by atoms with Gasteiger partial charge in [-0.25, -0.2) is 18.4 Å². The maximum atomic E-state index is 13.4. The highest BCUT2D eigenvalue weighted by Gasteiger charge is 2.34. The summed E-state index contributed by atoms with van der Waals surface area (Å²) in [6.45, 7) is 17.4. The maximum absolute atomic E-state index is 13.4. The first-order valence-electron chi connectivity index (χ1n) is 17.9. The number of amidine groups is 1. The van der Waals surface area contributed by atoms with Crippen molar-refractivity contribution in [3.63, 3.8) is 0 Å². The Balaban J connectivity index is 1.48. The maximum Gasteiger partial charge on any atom is 0.262 e. The number of hydrogen-bond acceptors (Lipinski definition) is 6. The van der Waals surface area contributed by atoms with E-state index in [1.165, 1.54) is 12.8 Å². The standard InChI is InChI=1S/C41H52N4O3S/c1-7-11-19-38-37(30(6)45(41(43-38)34-16-12-13-17-34)40(9-3)42-28-35(8-2)48-10-4)27-31-21-23-33(24-22-31)36-18-14-15-20-39(36)49(46,47)44-29(5)32-25-26-32/h8-9,14-15,18,20-24,28,32,34,44H,5-7,10-13,16-17,19,25-27H2,1-4H3/b35-8+,40-9?,42-28?. The summed E-state index contributed by atoms with van der Waals surface area (Å²) in [4.78, 5) is 12.8. The molecule has 260 valence electrons. The lowest BCUT2D eigenvalue weighted by molar-refractivity contribution is 0.250. The van der Waals surface area contributed by atoms with Crippen LogP contribution in [0.15, 0.2) is 123 Å². The summed E-state index contributed by atoms with van der Waals surface area (Å²) >= 11 is 0. The Morgan fingerprint density at radius 1 is 1.04 bits per heavy atom. The molecule has 1 heterocycles. The van der Waals surface area contributed by atoms with Gasteiger partial charge in [0, 0.05) is 40.6 Å². The second-order valence-corrected chi connectivity index (χ2v) is 14.7. The molecule has 0 atom stereocenters. The first-order chi connectivity index (χ1) is 23.7. The van der Waals surface area contributed by atoms with E-state index >= 15 is 0 Å². The molecule has 3 aliphatic rings. The number of rotatable bonds is 16. The molecular weight excluding hydrogens is 629 g/mol. The normalized spacial score (nSPS) is 18.0. The first kappa shape index (κ1) is 36.1. The number of aliphatic imine (C=N–C) groups is 2. The van der Waals surface area contributed by atoms with Crippen LogP contribution in [-0.4, -0.2) is 32.0 Å². The van der Waals surface area contributed by atoms with Crippen LogP contribution in [0.4, 0.5) is 0 Å². The molecule has 2 fully saturated rings. The predicted octanol–water partition coefficient (Wildman–Crippen LogP) is 9.83. The fourth-order valence-corrected chi connectivity index (χ4v) is 7.96. The van der Waals surface area contributed by atoms with Gasteiger partial charge in [-0.05, 0) is 94.6 Å². The smallest absolute Gasteiger partial charge is 0.262 e. The van der Waals surface area contributed by atoms with Gasteiger partial charge in [-0.1, -0.05) is 81.8 Å². The molecule has 49 heavy (non-hydrogen) atoms. The van der Waals surface area contributed by atoms with Crippen molar-refractivity contribution in [2.45, 2.75) is 96.8 Å². The SMILES string of the molecule is C=C(NS(=O)(=O)c1ccccc1-c1ccc(CC2=C(CCCC)N=C(C3CCCC3)N(C(=CC)N=C/C(=C\C)OCC)C2=C)cc1)C1CC1. The summed E-state index contributed by atoms with van der Waals surface area (Å²) in [5.74, 6) is 3.15. The highest BCUT2D eigenvalue weighted by atomic mass is 32.2. The molecule has 8 heteroatoms. The predicted molar refractivity (Wildman–Crippen MR) is 202 cm³/mol. The number of nitrogens with zero attached hydrogens (tertiary/aromatic N) is 3. The van der Waals surface area contributed by atoms with Crippen LogP contribution in [0, 0.1) is 11.8 Å². The summed E-state index contributed by atoms with van der Waals surface area (Å²) in [6, 6.07) is 15.3. The van der Waals surface area contributed by atoms with Crippen LogP contribution < -0.4 is 4.72 Å². The Morgan fingerprint density at radius 3 is 2.39 bits per heavy atom. The van der Waals surface area contributed by atoms with Crippen LogP contribution in [0.1, 0.15) is 91.0 Å². The molecule has 0 spiro atoms. The van der Waals surface area contributed by atoms with Crippen molar-refractivity contribution in [2.24, 2.45) is 21.8 Å². The van der Waals surface area contributed by atoms with Gasteiger partial charge in [0.2, 0.25) is 0 Å². The number of nitrogens with one attached hydrogen (secondary N) is 1. The molecule has 1 aliphatic heterocycles. The van der Waals surface area contributed by atoms with Gasteiger partial charge < -0.3 is 4.74 Å². The molecule has 0 bridgehead atoms. The van der Waals surface area contributed by atoms with Crippen LogP contribution in [0.5, 0.6) is 0 Å². The molecule has 2 saturated carbocycles. The highest BCUT2D eigenvalue weighted by Crippen LogP contribution is 2.39. The Morgan fingerprint density at radius 2 is 1.76 bits per heavy atom. The van der Waals surface area contributed by atoms with Gasteiger partial charge in [-0.15, -0.1) is 0 Å². The van der Waals surface area contributed by atoms with Gasteiger partial charge in [0.15, 0.2) is 0 Å². The lowest BCUT2D eigenvalue weighted by Crippen LogP contribution is -2.37. The Kier molecular flexibility index (Phi) is 12.2. The molecule has 5 rings (SSSR count). The third-order valence-electron chi connectivity index (χ3n) is 9.50. The number of benzene rings is 2. The van der Waals surface area contributed by atoms with Gasteiger partial charge >= 0.3 is 0 Å². The van der Waals surface area contributed by atoms with Crippen molar-refractivity contribution in [1.29, 1.82) is 0 Å². The molecule has 2 aliphatic carbocycles. The number of hydrogen-bond donors (Lipinski definition) is 1. The molecule has 0 saturated heterocycles. The van der Waals surface area contributed by atoms with Gasteiger partial charge in [0.05, 0.1) is 17.7 Å². The van der Waals surface area contributed by atoms with Crippen molar-refractivity contribution < 1.29 is 13.2 Å². The molecule has 0 radical (unpaired) electrons. The lowest BCUT2D eigenvalue weighted by atomic mass is 9.93. The van der Waals surface area contributed by atoms with E-state index in [2.05, 4.69) is 35.3 Å². The fraction of sp³-hybridized carbons (Fsp3) is 0.415. The second-order valence-electron chi connectivity index (χ2n) is 13.1. The molecule has 1 N–H and O–H groups in total. The number of ether oxygens (including phenoxy) is 1. The summed E-state index contributed by atoms with van der Waals surface area (Å²) in [6.07, 6.45) is 16.0. The summed E-state index contributed by atoms with van der Waals surface area (Å²) < 4.78 is 35.3. The zero-order chi connectivity index (χ0) is 35.0. The highest BCUT2D eigenvalue weighted by molar-refractivity contribution is 7.89. The van der Waals surface area contributed by atoms with E-state index in [0.29, 0.717) is 30.2 Å². The van der Waals surface area contributed by atoms with Crippen molar-refractivity contribution >= 4 is 22.1 Å². The van der Waals surface area contributed by atoms with Crippen LogP contribution >= 0.6 is 0 Å². The fourth-order valence-electron chi connectivity index (χ4n) is 6.61. The van der Waals surface area contributed by atoms with Gasteiger partial charge in [0.25, 0.3) is 10.0 Å². The monoisotopic (exact) mass is 680 g/mol. The van der Waals surface area contributed by atoms with E-state index < -0.39 is 10.0 Å². The second kappa shape index (κ2) is 16.5. The quantitative estimate of drug-likeness (QED) is 0.141. The van der Waals surface area contributed by atoms with Crippen LogP contribution in [0.3, 0.4) is 0 Å². The molecule has 2 aromatic rings. The van der Waals surface area contributed by atoms with Gasteiger partial charge in [-0.2, -0.15) is 0 Å². The van der Waals surface area contributed by atoms with Crippen molar-refractivity contribution in [3.05, 3.63) is 114 Å². The van der Waals surface area contributed by atoms with Gasteiger partial charge in [0.1, 0.15) is 17.4 Å². The summed E-state index contributed by atoms with van der Waals surface area (Å²) in [5.41, 5.74) is 6.31. The Labute approximate surface area is 294 Å². The third-order valence-corrected chi connectivity index (χ3v) is 11.0. The zero-order valence-corrected chi connectivity index (χ0v) is 30.5. The summed E-state index contributed by atoms with van der Waals surface area (Å²) in [7, 11) is -3.76. The minimum Gasteiger partial charge on any atom is -0.493 e. The number of allylic oxidation sites excluding steroid dienone is 6. The van der Waals surface area contributed by atoms with Crippen molar-refractivity contribution in [2.75, 3.05) is 6.61 Å². The van der Waals surface area contributed by atoms with E-state index in [-0.39, 0.29) is 10.8 Å². The molecule has 0 aromatic heterocycles. The molecule has 0 unspecified atom stereocenters. The molecule has 0 amide bonds.